The SMILES string of the molecule is Cl.N=C(N)Cn1cccc1. The van der Waals surface area contributed by atoms with Crippen molar-refractivity contribution in [2.45, 2.75) is 6.54 Å². The summed E-state index contributed by atoms with van der Waals surface area (Å²) in [5.41, 5.74) is 5.15. The standard InChI is InChI=1S/C6H9N3.ClH/c7-6(8)5-9-3-1-2-4-9;/h1-4H,5H2,(H3,7,8);1H. The van der Waals surface area contributed by atoms with E-state index in [4.69, 9.17) is 11.1 Å². The van der Waals surface area contributed by atoms with Gasteiger partial charge in [-0.15, -0.1) is 12.4 Å². The highest BCUT2D eigenvalue weighted by Gasteiger charge is 1.87. The van der Waals surface area contributed by atoms with Crippen LogP contribution in [-0.4, -0.2) is 10.4 Å². The van der Waals surface area contributed by atoms with Gasteiger partial charge in [-0.05, 0) is 12.1 Å². The molecule has 0 spiro atoms. The zero-order chi connectivity index (χ0) is 6.69. The Morgan fingerprint density at radius 3 is 2.30 bits per heavy atom. The average molecular weight is 160 g/mol. The third-order valence-electron chi connectivity index (χ3n) is 1.02. The molecule has 0 amide bonds. The molecule has 0 radical (unpaired) electrons. The van der Waals surface area contributed by atoms with Gasteiger partial charge in [0.2, 0.25) is 0 Å². The normalized spacial score (nSPS) is 8.40. The number of nitrogens with one attached hydrogen (secondary N) is 1. The number of hydrogen-bond donors (Lipinski definition) is 2. The van der Waals surface area contributed by atoms with Crippen LogP contribution in [0.1, 0.15) is 0 Å². The Bertz CT molecular complexity index is 193. The van der Waals surface area contributed by atoms with E-state index in [1.165, 1.54) is 0 Å². The first-order valence-corrected chi connectivity index (χ1v) is 2.72. The van der Waals surface area contributed by atoms with Gasteiger partial charge in [-0.25, -0.2) is 0 Å². The summed E-state index contributed by atoms with van der Waals surface area (Å²) in [7, 11) is 0. The van der Waals surface area contributed by atoms with Crippen LogP contribution >= 0.6 is 12.4 Å². The summed E-state index contributed by atoms with van der Waals surface area (Å²) in [4.78, 5) is 0. The van der Waals surface area contributed by atoms with E-state index in [1.54, 1.807) is 0 Å². The van der Waals surface area contributed by atoms with Crippen LogP contribution in [-0.2, 0) is 6.54 Å². The number of aromatic nitrogens is 1. The molecule has 1 aromatic rings. The number of halogens is 1. The summed E-state index contributed by atoms with van der Waals surface area (Å²) in [5, 5.41) is 6.93. The first-order valence-electron chi connectivity index (χ1n) is 2.72. The number of rotatable bonds is 2. The molecule has 1 aromatic heterocycles. The summed E-state index contributed by atoms with van der Waals surface area (Å²) >= 11 is 0. The molecule has 56 valence electrons. The lowest BCUT2D eigenvalue weighted by Crippen LogP contribution is -2.16. The van der Waals surface area contributed by atoms with Crippen LogP contribution < -0.4 is 5.73 Å². The van der Waals surface area contributed by atoms with Crippen LogP contribution in [0.4, 0.5) is 0 Å². The van der Waals surface area contributed by atoms with Gasteiger partial charge < -0.3 is 10.3 Å². The summed E-state index contributed by atoms with van der Waals surface area (Å²) in [5.74, 6) is 0.186. The van der Waals surface area contributed by atoms with Crippen molar-refractivity contribution in [3.8, 4) is 0 Å². The molecule has 0 fully saturated rings. The van der Waals surface area contributed by atoms with Gasteiger partial charge >= 0.3 is 0 Å². The minimum absolute atomic E-state index is 0. The van der Waals surface area contributed by atoms with Crippen molar-refractivity contribution in [2.24, 2.45) is 5.73 Å². The highest BCUT2D eigenvalue weighted by molar-refractivity contribution is 5.85. The smallest absolute Gasteiger partial charge is 0.111 e. The molecular formula is C6H10ClN3. The first-order chi connectivity index (χ1) is 4.29. The van der Waals surface area contributed by atoms with Gasteiger partial charge in [-0.3, -0.25) is 5.41 Å². The lowest BCUT2D eigenvalue weighted by molar-refractivity contribution is 0.850. The van der Waals surface area contributed by atoms with E-state index in [1.807, 2.05) is 29.1 Å². The van der Waals surface area contributed by atoms with Crippen molar-refractivity contribution >= 4 is 18.2 Å². The highest BCUT2D eigenvalue weighted by Crippen LogP contribution is 1.87. The van der Waals surface area contributed by atoms with E-state index >= 15 is 0 Å². The highest BCUT2D eigenvalue weighted by atomic mass is 35.5. The summed E-state index contributed by atoms with van der Waals surface area (Å²) in [6.45, 7) is 0.493. The van der Waals surface area contributed by atoms with Crippen LogP contribution in [0.2, 0.25) is 0 Å². The molecule has 0 saturated heterocycles. The third kappa shape index (κ3) is 2.55. The second kappa shape index (κ2) is 3.95. The molecule has 0 unspecified atom stereocenters. The first kappa shape index (κ1) is 9.04. The molecule has 0 aromatic carbocycles. The maximum Gasteiger partial charge on any atom is 0.111 e. The predicted molar refractivity (Wildman–Crippen MR) is 43.6 cm³/mol. The van der Waals surface area contributed by atoms with Gasteiger partial charge in [0.25, 0.3) is 0 Å². The average Bonchev–Trinajstić information content (AvgIpc) is 2.15. The number of hydrogen-bond acceptors (Lipinski definition) is 1. The van der Waals surface area contributed by atoms with Crippen molar-refractivity contribution in [3.63, 3.8) is 0 Å². The maximum absolute atomic E-state index is 6.93. The van der Waals surface area contributed by atoms with E-state index in [0.717, 1.165) is 0 Å². The van der Waals surface area contributed by atoms with Gasteiger partial charge in [0.15, 0.2) is 0 Å². The Hall–Kier alpha value is -0.960. The van der Waals surface area contributed by atoms with Crippen molar-refractivity contribution in [1.82, 2.24) is 4.57 Å². The third-order valence-corrected chi connectivity index (χ3v) is 1.02. The van der Waals surface area contributed by atoms with Crippen molar-refractivity contribution in [2.75, 3.05) is 0 Å². The van der Waals surface area contributed by atoms with E-state index in [2.05, 4.69) is 0 Å². The second-order valence-corrected chi connectivity index (χ2v) is 1.88. The van der Waals surface area contributed by atoms with Crippen molar-refractivity contribution in [1.29, 1.82) is 5.41 Å². The van der Waals surface area contributed by atoms with Crippen LogP contribution in [0.15, 0.2) is 24.5 Å². The zero-order valence-electron chi connectivity index (χ0n) is 5.45. The second-order valence-electron chi connectivity index (χ2n) is 1.88. The molecular weight excluding hydrogens is 150 g/mol. The quantitative estimate of drug-likeness (QED) is 0.488. The molecule has 10 heavy (non-hydrogen) atoms. The molecule has 0 bridgehead atoms. The van der Waals surface area contributed by atoms with Crippen molar-refractivity contribution < 1.29 is 0 Å². The Labute approximate surface area is 65.8 Å². The molecule has 0 aliphatic carbocycles. The molecule has 1 heterocycles. The number of nitrogens with two attached hydrogens (primary N) is 1. The fourth-order valence-corrected chi connectivity index (χ4v) is 0.672. The van der Waals surface area contributed by atoms with Crippen molar-refractivity contribution in [3.05, 3.63) is 24.5 Å². The minimum Gasteiger partial charge on any atom is -0.386 e. The van der Waals surface area contributed by atoms with E-state index < -0.39 is 0 Å². The Balaban J connectivity index is 0.000000810. The van der Waals surface area contributed by atoms with Gasteiger partial charge in [0.05, 0.1) is 6.54 Å². The van der Waals surface area contributed by atoms with Crippen LogP contribution in [0.3, 0.4) is 0 Å². The van der Waals surface area contributed by atoms with Gasteiger partial charge in [0.1, 0.15) is 5.84 Å². The monoisotopic (exact) mass is 159 g/mol. The minimum atomic E-state index is 0. The fourth-order valence-electron chi connectivity index (χ4n) is 0.672. The molecule has 0 aliphatic rings. The van der Waals surface area contributed by atoms with E-state index in [-0.39, 0.29) is 18.2 Å². The largest absolute Gasteiger partial charge is 0.386 e. The van der Waals surface area contributed by atoms with E-state index in [9.17, 15) is 0 Å². The zero-order valence-corrected chi connectivity index (χ0v) is 6.27. The topological polar surface area (TPSA) is 54.8 Å². The van der Waals surface area contributed by atoms with Gasteiger partial charge in [-0.1, -0.05) is 0 Å². The lowest BCUT2D eigenvalue weighted by atomic mass is 10.6. The molecule has 0 aliphatic heterocycles. The number of amidine groups is 1. The molecule has 3 N–H and O–H groups in total. The summed E-state index contributed by atoms with van der Waals surface area (Å²) in [6, 6.07) is 3.81. The maximum atomic E-state index is 6.93. The van der Waals surface area contributed by atoms with Crippen LogP contribution in [0.25, 0.3) is 0 Å². The Morgan fingerprint density at radius 1 is 1.40 bits per heavy atom. The molecule has 1 rings (SSSR count). The van der Waals surface area contributed by atoms with Crippen LogP contribution in [0.5, 0.6) is 0 Å². The molecule has 0 atom stereocenters. The van der Waals surface area contributed by atoms with Gasteiger partial charge in [-0.2, -0.15) is 0 Å². The Morgan fingerprint density at radius 2 is 1.90 bits per heavy atom. The summed E-state index contributed by atoms with van der Waals surface area (Å²) < 4.78 is 1.85. The predicted octanol–water partition coefficient (Wildman–Crippen LogP) is 0.846. The molecule has 3 nitrogen and oxygen atoms in total. The number of nitrogens with zero attached hydrogens (tertiary/aromatic N) is 1. The fraction of sp³-hybridized carbons (Fsp3) is 0.167. The van der Waals surface area contributed by atoms with Crippen LogP contribution in [0, 0.1) is 5.41 Å². The summed E-state index contributed by atoms with van der Waals surface area (Å²) in [6.07, 6.45) is 3.75. The lowest BCUT2D eigenvalue weighted by Gasteiger charge is -1.97. The van der Waals surface area contributed by atoms with Gasteiger partial charge in [0, 0.05) is 12.4 Å². The van der Waals surface area contributed by atoms with E-state index in [0.29, 0.717) is 6.54 Å². The molecule has 0 saturated carbocycles. The molecule has 4 heteroatoms. The Kier molecular flexibility index (Phi) is 3.57.